The van der Waals surface area contributed by atoms with Gasteiger partial charge in [-0.1, -0.05) is 51.5 Å². The highest BCUT2D eigenvalue weighted by molar-refractivity contribution is 6.05. The van der Waals surface area contributed by atoms with Crippen molar-refractivity contribution in [3.63, 3.8) is 0 Å². The van der Waals surface area contributed by atoms with Crippen LogP contribution in [0.3, 0.4) is 0 Å². The normalized spacial score (nSPS) is 22.0. The molecule has 0 fully saturated rings. The summed E-state index contributed by atoms with van der Waals surface area (Å²) in [7, 11) is 0. The molecule has 0 aliphatic carbocycles. The Kier molecular flexibility index (Phi) is 12.1. The second-order valence-electron chi connectivity index (χ2n) is 6.68. The lowest BCUT2D eigenvalue weighted by molar-refractivity contribution is -0.116. The Balaban J connectivity index is 2.96. The molecule has 0 aromatic rings. The second kappa shape index (κ2) is 14.4. The highest BCUT2D eigenvalue weighted by Crippen LogP contribution is 2.13. The Bertz CT molecular complexity index is 656. The summed E-state index contributed by atoms with van der Waals surface area (Å²) >= 11 is 0. The minimum atomic E-state index is -0.261. The van der Waals surface area contributed by atoms with Gasteiger partial charge >= 0.3 is 0 Å². The van der Waals surface area contributed by atoms with Gasteiger partial charge < -0.3 is 10.6 Å². The number of carbonyl (C=O) groups is 1. The van der Waals surface area contributed by atoms with Crippen molar-refractivity contribution in [3.8, 4) is 0 Å². The third kappa shape index (κ3) is 9.90. The van der Waals surface area contributed by atoms with Gasteiger partial charge in [0.1, 0.15) is 0 Å². The van der Waals surface area contributed by atoms with E-state index in [-0.39, 0.29) is 5.91 Å². The number of amides is 1. The summed E-state index contributed by atoms with van der Waals surface area (Å²) in [4.78, 5) is 16.8. The number of hydrazone groups is 1. The number of hydrogen-bond donors (Lipinski definition) is 3. The monoisotopic (exact) mass is 385 g/mol. The van der Waals surface area contributed by atoms with E-state index in [0.29, 0.717) is 24.7 Å². The number of amidine groups is 1. The molecular formula is C22H35N5O. The molecule has 3 N–H and O–H groups in total. The molecule has 0 aromatic carbocycles. The number of allylic oxidation sites excluding steroid dienone is 3. The third-order valence-electron chi connectivity index (χ3n) is 4.03. The number of aliphatic imine (C=N–C) groups is 1. The van der Waals surface area contributed by atoms with Gasteiger partial charge in [0.25, 0.3) is 5.91 Å². The SMILES string of the molecule is C/C=C/NCC/C1=C/C(=O)N/N=C(C(/C=C\CC)=C/C(C)CCC)\N=C\CN1. The zero-order valence-electron chi connectivity index (χ0n) is 17.7. The molecule has 6 heteroatoms. The minimum absolute atomic E-state index is 0.261. The van der Waals surface area contributed by atoms with Gasteiger partial charge in [-0.2, -0.15) is 5.10 Å². The molecule has 154 valence electrons. The predicted molar refractivity (Wildman–Crippen MR) is 119 cm³/mol. The van der Waals surface area contributed by atoms with Gasteiger partial charge in [0, 0.05) is 36.5 Å². The van der Waals surface area contributed by atoms with E-state index in [4.69, 9.17) is 0 Å². The molecule has 0 bridgehead atoms. The first-order chi connectivity index (χ1) is 13.6. The first-order valence-electron chi connectivity index (χ1n) is 10.2. The number of nitrogens with zero attached hydrogens (tertiary/aromatic N) is 2. The van der Waals surface area contributed by atoms with E-state index in [0.717, 1.165) is 37.1 Å². The molecule has 0 saturated carbocycles. The summed E-state index contributed by atoms with van der Waals surface area (Å²) in [5, 5.41) is 10.7. The van der Waals surface area contributed by atoms with Crippen LogP contribution >= 0.6 is 0 Å². The van der Waals surface area contributed by atoms with Crippen LogP contribution in [0, 0.1) is 5.92 Å². The van der Waals surface area contributed by atoms with Gasteiger partial charge in [0.2, 0.25) is 0 Å². The summed E-state index contributed by atoms with van der Waals surface area (Å²) in [6, 6.07) is 0. The van der Waals surface area contributed by atoms with Gasteiger partial charge in [-0.05, 0) is 31.9 Å². The number of rotatable bonds is 10. The fourth-order valence-electron chi connectivity index (χ4n) is 2.69. The lowest BCUT2D eigenvalue weighted by Crippen LogP contribution is -2.25. The molecule has 0 saturated heterocycles. The lowest BCUT2D eigenvalue weighted by atomic mass is 10.0. The van der Waals surface area contributed by atoms with Crippen molar-refractivity contribution < 1.29 is 4.79 Å². The van der Waals surface area contributed by atoms with E-state index in [1.54, 1.807) is 12.3 Å². The van der Waals surface area contributed by atoms with E-state index in [1.807, 2.05) is 25.3 Å². The van der Waals surface area contributed by atoms with Crippen molar-refractivity contribution in [2.45, 2.75) is 53.4 Å². The van der Waals surface area contributed by atoms with Gasteiger partial charge in [-0.25, -0.2) is 10.4 Å². The van der Waals surface area contributed by atoms with Crippen LogP contribution in [0.1, 0.15) is 53.4 Å². The van der Waals surface area contributed by atoms with E-state index in [2.05, 4.69) is 59.1 Å². The summed E-state index contributed by atoms with van der Waals surface area (Å²) in [6.07, 6.45) is 17.3. The van der Waals surface area contributed by atoms with Crippen molar-refractivity contribution in [3.05, 3.63) is 47.9 Å². The smallest absolute Gasteiger partial charge is 0.265 e. The van der Waals surface area contributed by atoms with Gasteiger partial charge in [-0.3, -0.25) is 4.79 Å². The predicted octanol–water partition coefficient (Wildman–Crippen LogP) is 3.82. The third-order valence-corrected chi connectivity index (χ3v) is 4.03. The summed E-state index contributed by atoms with van der Waals surface area (Å²) < 4.78 is 0. The van der Waals surface area contributed by atoms with Crippen LogP contribution in [0.15, 0.2) is 57.9 Å². The topological polar surface area (TPSA) is 77.9 Å². The molecule has 0 radical (unpaired) electrons. The second-order valence-corrected chi connectivity index (χ2v) is 6.68. The number of carbonyl (C=O) groups excluding carboxylic acids is 1. The molecular weight excluding hydrogens is 350 g/mol. The highest BCUT2D eigenvalue weighted by atomic mass is 16.2. The molecule has 1 aliphatic heterocycles. The Morgan fingerprint density at radius 3 is 2.93 bits per heavy atom. The van der Waals surface area contributed by atoms with E-state index in [1.165, 1.54) is 0 Å². The van der Waals surface area contributed by atoms with Crippen LogP contribution in [-0.4, -0.2) is 31.0 Å². The molecule has 1 unspecified atom stereocenters. The largest absolute Gasteiger partial charge is 0.391 e. The molecule has 1 atom stereocenters. The Hall–Kier alpha value is -2.63. The van der Waals surface area contributed by atoms with E-state index < -0.39 is 0 Å². The molecule has 1 aliphatic rings. The van der Waals surface area contributed by atoms with Gasteiger partial charge in [0.15, 0.2) is 5.84 Å². The van der Waals surface area contributed by atoms with Crippen molar-refractivity contribution in [2.75, 3.05) is 13.1 Å². The molecule has 1 amide bonds. The van der Waals surface area contributed by atoms with Crippen LogP contribution in [0.4, 0.5) is 0 Å². The fraction of sp³-hybridized carbons (Fsp3) is 0.500. The average Bonchev–Trinajstić information content (AvgIpc) is 2.68. The van der Waals surface area contributed by atoms with Crippen LogP contribution in [-0.2, 0) is 4.79 Å². The van der Waals surface area contributed by atoms with Gasteiger partial charge in [-0.15, -0.1) is 0 Å². The molecule has 1 rings (SSSR count). The van der Waals surface area contributed by atoms with Crippen LogP contribution in [0.2, 0.25) is 0 Å². The Morgan fingerprint density at radius 1 is 1.39 bits per heavy atom. The van der Waals surface area contributed by atoms with E-state index in [9.17, 15) is 4.79 Å². The highest BCUT2D eigenvalue weighted by Gasteiger charge is 2.09. The lowest BCUT2D eigenvalue weighted by Gasteiger charge is -2.12. The quantitative estimate of drug-likeness (QED) is 0.395. The zero-order chi connectivity index (χ0) is 20.6. The first kappa shape index (κ1) is 23.4. The minimum Gasteiger partial charge on any atom is -0.391 e. The van der Waals surface area contributed by atoms with Crippen LogP contribution in [0.25, 0.3) is 0 Å². The summed E-state index contributed by atoms with van der Waals surface area (Å²) in [5.41, 5.74) is 4.38. The fourth-order valence-corrected chi connectivity index (χ4v) is 2.69. The van der Waals surface area contributed by atoms with Gasteiger partial charge in [0.05, 0.1) is 6.54 Å². The number of hydrogen-bond acceptors (Lipinski definition) is 5. The zero-order valence-corrected chi connectivity index (χ0v) is 17.7. The molecule has 0 spiro atoms. The van der Waals surface area contributed by atoms with Crippen LogP contribution in [0.5, 0.6) is 0 Å². The Morgan fingerprint density at radius 2 is 2.21 bits per heavy atom. The summed E-state index contributed by atoms with van der Waals surface area (Å²) in [5.74, 6) is 0.678. The Labute approximate surface area is 169 Å². The van der Waals surface area contributed by atoms with E-state index >= 15 is 0 Å². The maximum atomic E-state index is 12.2. The maximum Gasteiger partial charge on any atom is 0.265 e. The molecule has 6 nitrogen and oxygen atoms in total. The maximum absolute atomic E-state index is 12.2. The summed E-state index contributed by atoms with van der Waals surface area (Å²) in [6.45, 7) is 9.68. The molecule has 1 heterocycles. The standard InChI is InChI=1S/C22H35N5O/c1-5-8-10-19(16-18(4)9-6-2)22-25-15-14-24-20(11-13-23-12-7-3)17-21(28)26-27-22/h7-8,10,12,15-18,23-24H,5-6,9,11,13-14H2,1-4H3,(H,26,28)/b10-8-,12-7+,19-16+,20-17-,25-15+,27-22-. The molecule has 0 aromatic heterocycles. The van der Waals surface area contributed by atoms with Crippen molar-refractivity contribution in [1.29, 1.82) is 0 Å². The van der Waals surface area contributed by atoms with Crippen molar-refractivity contribution in [1.82, 2.24) is 16.1 Å². The van der Waals surface area contributed by atoms with Crippen molar-refractivity contribution >= 4 is 18.0 Å². The van der Waals surface area contributed by atoms with Crippen molar-refractivity contribution in [2.24, 2.45) is 16.0 Å². The van der Waals surface area contributed by atoms with Crippen LogP contribution < -0.4 is 16.1 Å². The molecule has 28 heavy (non-hydrogen) atoms. The number of nitrogens with one attached hydrogen (secondary N) is 3. The average molecular weight is 386 g/mol. The first-order valence-corrected chi connectivity index (χ1v) is 10.2.